The number of carbonyl (C=O) groups is 2. The number of fused-ring (bicyclic) bond motifs is 1. The van der Waals surface area contributed by atoms with Gasteiger partial charge in [0.2, 0.25) is 5.91 Å². The number of aliphatic carboxylic acids is 1. The van der Waals surface area contributed by atoms with E-state index in [9.17, 15) is 23.5 Å². The maximum absolute atomic E-state index is 14.6. The summed E-state index contributed by atoms with van der Waals surface area (Å²) in [4.78, 5) is 26.5. The molecule has 1 aliphatic heterocycles. The second-order valence-electron chi connectivity index (χ2n) is 12.4. The highest BCUT2D eigenvalue weighted by Crippen LogP contribution is 2.71. The number of alkyl halides is 2. The Morgan fingerprint density at radius 2 is 1.82 bits per heavy atom. The van der Waals surface area contributed by atoms with Crippen LogP contribution in [0.1, 0.15) is 83.3 Å². The molecule has 4 aliphatic carbocycles. The van der Waals surface area contributed by atoms with E-state index in [0.717, 1.165) is 24.0 Å². The van der Waals surface area contributed by atoms with Crippen molar-refractivity contribution in [2.75, 3.05) is 0 Å². The number of amides is 1. The molecule has 6 rings (SSSR count). The molecule has 0 saturated heterocycles. The van der Waals surface area contributed by atoms with Gasteiger partial charge in [-0.3, -0.25) is 9.59 Å². The third-order valence-electron chi connectivity index (χ3n) is 8.70. The van der Waals surface area contributed by atoms with Crippen LogP contribution >= 0.6 is 11.6 Å². The van der Waals surface area contributed by atoms with Crippen molar-refractivity contribution in [3.8, 4) is 0 Å². The fraction of sp³-hybridized carbons (Fsp3) is 0.630. The molecule has 0 radical (unpaired) electrons. The van der Waals surface area contributed by atoms with Gasteiger partial charge in [-0.1, -0.05) is 44.5 Å². The first kappa shape index (κ1) is 23.8. The number of hydrogen-bond acceptors (Lipinski definition) is 2. The van der Waals surface area contributed by atoms with Crippen LogP contribution in [0.4, 0.5) is 8.78 Å². The van der Waals surface area contributed by atoms with Gasteiger partial charge in [0, 0.05) is 35.9 Å². The van der Waals surface area contributed by atoms with E-state index in [1.54, 1.807) is 11.1 Å². The van der Waals surface area contributed by atoms with Crippen molar-refractivity contribution >= 4 is 23.5 Å². The van der Waals surface area contributed by atoms with Crippen molar-refractivity contribution in [3.05, 3.63) is 46.1 Å². The summed E-state index contributed by atoms with van der Waals surface area (Å²) in [5.41, 5.74) is 0.555. The lowest BCUT2D eigenvalue weighted by atomic mass is 9.38. The Bertz CT molecular complexity index is 1090. The first-order valence-electron chi connectivity index (χ1n) is 12.1. The zero-order valence-electron chi connectivity index (χ0n) is 20.0. The lowest BCUT2D eigenvalue weighted by Gasteiger charge is -2.71. The molecule has 1 aromatic carbocycles. The molecule has 4 fully saturated rings. The zero-order chi connectivity index (χ0) is 24.7. The van der Waals surface area contributed by atoms with Crippen LogP contribution in [0.25, 0.3) is 0 Å². The van der Waals surface area contributed by atoms with Gasteiger partial charge in [0.15, 0.2) is 0 Å². The molecule has 4 saturated carbocycles. The van der Waals surface area contributed by atoms with E-state index < -0.39 is 28.3 Å². The number of carboxylic acid groups (broad SMARTS) is 1. The highest BCUT2D eigenvalue weighted by atomic mass is 35.5. The Morgan fingerprint density at radius 3 is 2.41 bits per heavy atom. The minimum absolute atomic E-state index is 0.111. The Hall–Kier alpha value is -1.95. The molecule has 34 heavy (non-hydrogen) atoms. The van der Waals surface area contributed by atoms with Crippen molar-refractivity contribution < 1.29 is 23.5 Å². The van der Waals surface area contributed by atoms with E-state index in [0.29, 0.717) is 29.9 Å². The van der Waals surface area contributed by atoms with E-state index >= 15 is 0 Å². The van der Waals surface area contributed by atoms with Crippen LogP contribution < -0.4 is 0 Å². The number of benzene rings is 1. The van der Waals surface area contributed by atoms with Gasteiger partial charge in [-0.25, -0.2) is 8.78 Å². The van der Waals surface area contributed by atoms with Crippen molar-refractivity contribution in [1.82, 2.24) is 4.90 Å². The number of nitrogens with zero attached hydrogens (tertiary/aromatic N) is 1. The minimum Gasteiger partial charge on any atom is -0.481 e. The number of aryl methyl sites for hydroxylation is 1. The number of carboxylic acids is 1. The van der Waals surface area contributed by atoms with E-state index in [1.165, 1.54) is 0 Å². The van der Waals surface area contributed by atoms with Gasteiger partial charge in [0.1, 0.15) is 0 Å². The molecule has 7 heteroatoms. The molecule has 1 atom stereocenters. The maximum Gasteiger partial charge on any atom is 0.309 e. The average Bonchev–Trinajstić information content (AvgIpc) is 2.64. The fourth-order valence-electron chi connectivity index (χ4n) is 6.64. The summed E-state index contributed by atoms with van der Waals surface area (Å²) in [6.07, 6.45) is 4.32. The molecular weight excluding hydrogens is 460 g/mol. The molecule has 1 aromatic rings. The van der Waals surface area contributed by atoms with Crippen LogP contribution in [-0.4, -0.2) is 33.3 Å². The van der Waals surface area contributed by atoms with E-state index in [2.05, 4.69) is 20.8 Å². The van der Waals surface area contributed by atoms with Crippen LogP contribution in [-0.2, 0) is 21.4 Å². The predicted octanol–water partition coefficient (Wildman–Crippen LogP) is 6.50. The van der Waals surface area contributed by atoms with E-state index in [-0.39, 0.29) is 37.0 Å². The zero-order valence-corrected chi connectivity index (χ0v) is 20.8. The van der Waals surface area contributed by atoms with Crippen LogP contribution in [0.15, 0.2) is 30.0 Å². The summed E-state index contributed by atoms with van der Waals surface area (Å²) in [7, 11) is 0. The summed E-state index contributed by atoms with van der Waals surface area (Å²) < 4.78 is 29.1. The summed E-state index contributed by atoms with van der Waals surface area (Å²) >= 11 is 6.66. The van der Waals surface area contributed by atoms with Gasteiger partial charge >= 0.3 is 5.97 Å². The maximum atomic E-state index is 14.6. The Balaban J connectivity index is 1.47. The normalized spacial score (nSPS) is 34.0. The second-order valence-corrected chi connectivity index (χ2v) is 12.8. The SMILES string of the molecule is CC(C)(C)CCc1ccc([C@]23CCC(F)(F)CC2=CN(C24CC(C(=O)O)(C2)C4)C(=O)C3)cc1Cl. The van der Waals surface area contributed by atoms with Gasteiger partial charge in [0.25, 0.3) is 5.92 Å². The smallest absolute Gasteiger partial charge is 0.309 e. The Morgan fingerprint density at radius 1 is 1.15 bits per heavy atom. The number of rotatable bonds is 5. The van der Waals surface area contributed by atoms with Gasteiger partial charge < -0.3 is 10.0 Å². The molecule has 1 amide bonds. The fourth-order valence-corrected chi connectivity index (χ4v) is 6.92. The predicted molar refractivity (Wildman–Crippen MR) is 126 cm³/mol. The first-order chi connectivity index (χ1) is 15.7. The molecular formula is C27H32ClF2NO3. The van der Waals surface area contributed by atoms with E-state index in [4.69, 9.17) is 11.6 Å². The molecule has 5 aliphatic rings. The number of halogens is 3. The van der Waals surface area contributed by atoms with Crippen molar-refractivity contribution in [3.63, 3.8) is 0 Å². The highest BCUT2D eigenvalue weighted by molar-refractivity contribution is 6.31. The summed E-state index contributed by atoms with van der Waals surface area (Å²) in [6, 6.07) is 5.82. The average molecular weight is 492 g/mol. The molecule has 0 unspecified atom stereocenters. The van der Waals surface area contributed by atoms with Crippen molar-refractivity contribution in [1.29, 1.82) is 0 Å². The molecule has 0 spiro atoms. The molecule has 0 aromatic heterocycles. The molecule has 1 N–H and O–H groups in total. The van der Waals surface area contributed by atoms with Crippen molar-refractivity contribution in [2.24, 2.45) is 10.8 Å². The van der Waals surface area contributed by atoms with Crippen LogP contribution in [0.3, 0.4) is 0 Å². The minimum atomic E-state index is -2.82. The summed E-state index contributed by atoms with van der Waals surface area (Å²) in [5, 5.41) is 10.1. The third-order valence-corrected chi connectivity index (χ3v) is 9.06. The Labute approximate surface area is 204 Å². The Kier molecular flexibility index (Phi) is 5.09. The third kappa shape index (κ3) is 3.59. The van der Waals surface area contributed by atoms with Gasteiger partial charge in [-0.15, -0.1) is 0 Å². The van der Waals surface area contributed by atoms with Crippen LogP contribution in [0.5, 0.6) is 0 Å². The molecule has 184 valence electrons. The van der Waals surface area contributed by atoms with Crippen molar-refractivity contribution in [2.45, 2.75) is 95.4 Å². The molecule has 4 nitrogen and oxygen atoms in total. The number of hydrogen-bond donors (Lipinski definition) is 1. The first-order valence-corrected chi connectivity index (χ1v) is 12.5. The topological polar surface area (TPSA) is 57.6 Å². The highest BCUT2D eigenvalue weighted by Gasteiger charge is 2.75. The van der Waals surface area contributed by atoms with Gasteiger partial charge in [-0.05, 0) is 66.7 Å². The van der Waals surface area contributed by atoms with Gasteiger partial charge in [-0.2, -0.15) is 0 Å². The van der Waals surface area contributed by atoms with Crippen LogP contribution in [0.2, 0.25) is 5.02 Å². The van der Waals surface area contributed by atoms with Gasteiger partial charge in [0.05, 0.1) is 11.0 Å². The number of carbonyl (C=O) groups excluding carboxylic acids is 1. The second kappa shape index (κ2) is 7.28. The standard InChI is InChI=1S/C27H32ClF2NO3/c1-23(2,3)7-6-17-4-5-18(10-20(17)28)26-8-9-27(29,30)11-19(26)13-31(21(32)12-26)25-14-24(15-25,16-25)22(33)34/h4-5,10,13H,6-9,11-12,14-16H2,1-3H3,(H,33,34)/t24?,25?,26-/m1/s1. The van der Waals surface area contributed by atoms with E-state index in [1.807, 2.05) is 18.2 Å². The number of allylic oxidation sites excluding steroid dienone is 1. The summed E-state index contributed by atoms with van der Waals surface area (Å²) in [5.74, 6) is -3.76. The summed E-state index contributed by atoms with van der Waals surface area (Å²) in [6.45, 7) is 6.53. The quantitative estimate of drug-likeness (QED) is 0.511. The lowest BCUT2D eigenvalue weighted by Crippen LogP contribution is -2.77. The largest absolute Gasteiger partial charge is 0.481 e. The lowest BCUT2D eigenvalue weighted by molar-refractivity contribution is -0.224. The molecule has 2 bridgehead atoms. The monoisotopic (exact) mass is 491 g/mol. The molecule has 1 heterocycles. The van der Waals surface area contributed by atoms with Crippen LogP contribution in [0, 0.1) is 10.8 Å².